The monoisotopic (exact) mass is 1210 g/mol. The van der Waals surface area contributed by atoms with Gasteiger partial charge in [0.15, 0.2) is 6.29 Å². The third-order valence-electron chi connectivity index (χ3n) is 16.7. The summed E-state index contributed by atoms with van der Waals surface area (Å²) in [6, 6.07) is 0. The molecule has 0 amide bonds. The van der Waals surface area contributed by atoms with Crippen molar-refractivity contribution in [2.45, 2.75) is 305 Å². The Morgan fingerprint density at radius 3 is 1.41 bits per heavy atom. The average Bonchev–Trinajstić information content (AvgIpc) is 4.03. The summed E-state index contributed by atoms with van der Waals surface area (Å²) in [6.45, 7) is 35.9. The van der Waals surface area contributed by atoms with Crippen molar-refractivity contribution in [3.05, 3.63) is 34.9 Å². The molecule has 0 aliphatic heterocycles. The molecule has 0 heterocycles. The SMILES string of the molecule is CCN(CC)CCCC(=O)OC(CCCCCCOC(=O)CCC(SCCC(C)CCC=C(C)C)SCCC(C)CCC=C(C)C)CCCCCCOC(O)CCC(SCCC(C)CCC=C(C)C)SCCC(C)CCC1CC1(C)C. The molecule has 1 aliphatic rings. The first-order valence-electron chi connectivity index (χ1n) is 33.5. The number of hydrogen-bond donors (Lipinski definition) is 1. The number of hydrogen-bond acceptors (Lipinski definition) is 11. The summed E-state index contributed by atoms with van der Waals surface area (Å²) in [5.41, 5.74) is 4.81. The van der Waals surface area contributed by atoms with Gasteiger partial charge in [0.1, 0.15) is 6.10 Å². The lowest BCUT2D eigenvalue weighted by atomic mass is 9.98. The van der Waals surface area contributed by atoms with E-state index in [0.717, 1.165) is 132 Å². The molecule has 1 rings (SSSR count). The van der Waals surface area contributed by atoms with Crippen LogP contribution in [0.5, 0.6) is 0 Å². The van der Waals surface area contributed by atoms with Gasteiger partial charge in [0.25, 0.3) is 0 Å². The molecule has 7 nitrogen and oxygen atoms in total. The van der Waals surface area contributed by atoms with E-state index in [2.05, 4.69) is 167 Å². The van der Waals surface area contributed by atoms with Gasteiger partial charge >= 0.3 is 11.9 Å². The minimum atomic E-state index is -0.709. The lowest BCUT2D eigenvalue weighted by Crippen LogP contribution is -2.25. The highest BCUT2D eigenvalue weighted by molar-refractivity contribution is 8.17. The molecule has 1 aliphatic carbocycles. The smallest absolute Gasteiger partial charge is 0.306 e. The lowest BCUT2D eigenvalue weighted by molar-refractivity contribution is -0.150. The van der Waals surface area contributed by atoms with E-state index in [0.29, 0.717) is 58.9 Å². The molecule has 8 atom stereocenters. The Morgan fingerprint density at radius 2 is 0.963 bits per heavy atom. The molecule has 1 fully saturated rings. The van der Waals surface area contributed by atoms with Crippen LogP contribution in [0.3, 0.4) is 0 Å². The van der Waals surface area contributed by atoms with E-state index in [1.807, 2.05) is 0 Å². The van der Waals surface area contributed by atoms with Gasteiger partial charge in [-0.2, -0.15) is 0 Å². The number of esters is 2. The predicted octanol–water partition coefficient (Wildman–Crippen LogP) is 21.1. The topological polar surface area (TPSA) is 85.3 Å². The molecule has 0 aromatic carbocycles. The molecular weight excluding hydrogens is 1080 g/mol. The first kappa shape index (κ1) is 78.5. The molecule has 0 radical (unpaired) electrons. The molecule has 81 heavy (non-hydrogen) atoms. The summed E-state index contributed by atoms with van der Waals surface area (Å²) in [5.74, 6) is 8.41. The first-order chi connectivity index (χ1) is 38.7. The second-order valence-electron chi connectivity index (χ2n) is 26.3. The van der Waals surface area contributed by atoms with Gasteiger partial charge in [-0.25, -0.2) is 0 Å². The number of nitrogens with zero attached hydrogens (tertiary/aromatic N) is 1. The van der Waals surface area contributed by atoms with Crippen molar-refractivity contribution in [1.82, 2.24) is 4.90 Å². The van der Waals surface area contributed by atoms with Crippen LogP contribution >= 0.6 is 47.0 Å². The summed E-state index contributed by atoms with van der Waals surface area (Å²) in [6.07, 6.45) is 36.7. The van der Waals surface area contributed by atoms with Gasteiger partial charge < -0.3 is 24.2 Å². The normalized spacial score (nSPS) is 16.9. The Labute approximate surface area is 520 Å². The van der Waals surface area contributed by atoms with Crippen molar-refractivity contribution >= 4 is 59.0 Å². The summed E-state index contributed by atoms with van der Waals surface area (Å²) < 4.78 is 18.9. The van der Waals surface area contributed by atoms with Crippen molar-refractivity contribution in [3.63, 3.8) is 0 Å². The van der Waals surface area contributed by atoms with Gasteiger partial charge in [-0.3, -0.25) is 9.59 Å². The maximum atomic E-state index is 13.1. The molecule has 0 aromatic rings. The third kappa shape index (κ3) is 48.2. The number of aliphatic hydroxyl groups is 1. The highest BCUT2D eigenvalue weighted by Gasteiger charge is 2.44. The number of ether oxygens (including phenoxy) is 3. The second kappa shape index (κ2) is 50.4. The fourth-order valence-corrected chi connectivity index (χ4v) is 16.7. The van der Waals surface area contributed by atoms with Crippen LogP contribution in [0.2, 0.25) is 0 Å². The number of thioether (sulfide) groups is 4. The van der Waals surface area contributed by atoms with Crippen LogP contribution in [-0.4, -0.2) is 99.4 Å². The molecule has 476 valence electrons. The Kier molecular flexibility index (Phi) is 48.9. The maximum absolute atomic E-state index is 13.1. The summed E-state index contributed by atoms with van der Waals surface area (Å²) >= 11 is 8.34. The molecule has 11 heteroatoms. The molecule has 0 saturated heterocycles. The van der Waals surface area contributed by atoms with Crippen LogP contribution < -0.4 is 0 Å². The fourth-order valence-electron chi connectivity index (χ4n) is 10.4. The molecule has 8 unspecified atom stereocenters. The lowest BCUT2D eigenvalue weighted by Gasteiger charge is -2.21. The van der Waals surface area contributed by atoms with Gasteiger partial charge in [0, 0.05) is 19.4 Å². The Hall–Kier alpha value is -0.560. The largest absolute Gasteiger partial charge is 0.466 e. The number of carbonyl (C=O) groups is 2. The van der Waals surface area contributed by atoms with Gasteiger partial charge in [-0.15, -0.1) is 47.0 Å². The van der Waals surface area contributed by atoms with Crippen LogP contribution in [0.1, 0.15) is 283 Å². The maximum Gasteiger partial charge on any atom is 0.306 e. The van der Waals surface area contributed by atoms with Gasteiger partial charge in [-0.05, 0) is 260 Å². The number of aliphatic hydroxyl groups excluding tert-OH is 1. The van der Waals surface area contributed by atoms with Crippen molar-refractivity contribution < 1.29 is 28.9 Å². The minimum Gasteiger partial charge on any atom is -0.466 e. The first-order valence-corrected chi connectivity index (χ1v) is 37.7. The molecule has 0 spiro atoms. The Bertz CT molecular complexity index is 1590. The number of unbranched alkanes of at least 4 members (excludes halogenated alkanes) is 6. The highest BCUT2D eigenvalue weighted by atomic mass is 32.2. The zero-order valence-electron chi connectivity index (χ0n) is 55.4. The van der Waals surface area contributed by atoms with Gasteiger partial charge in [0.2, 0.25) is 0 Å². The van der Waals surface area contributed by atoms with Crippen molar-refractivity contribution in [2.24, 2.45) is 35.0 Å². The van der Waals surface area contributed by atoms with Gasteiger partial charge in [-0.1, -0.05) is 122 Å². The van der Waals surface area contributed by atoms with Crippen molar-refractivity contribution in [2.75, 3.05) is 55.9 Å². The van der Waals surface area contributed by atoms with Crippen molar-refractivity contribution in [1.29, 1.82) is 0 Å². The van der Waals surface area contributed by atoms with Crippen LogP contribution in [-0.2, 0) is 23.8 Å². The predicted molar refractivity (Wildman–Crippen MR) is 364 cm³/mol. The Balaban J connectivity index is 2.56. The van der Waals surface area contributed by atoms with E-state index < -0.39 is 6.29 Å². The number of allylic oxidation sites excluding steroid dienone is 6. The molecule has 1 saturated carbocycles. The van der Waals surface area contributed by atoms with Crippen LogP contribution in [0.4, 0.5) is 0 Å². The van der Waals surface area contributed by atoms with Gasteiger partial charge in [0.05, 0.1) is 15.8 Å². The second-order valence-corrected chi connectivity index (χ2v) is 32.1. The fraction of sp³-hybridized carbons (Fsp3) is 0.886. The van der Waals surface area contributed by atoms with E-state index >= 15 is 0 Å². The van der Waals surface area contributed by atoms with Crippen LogP contribution in [0.15, 0.2) is 34.9 Å². The van der Waals surface area contributed by atoms with Crippen LogP contribution in [0, 0.1) is 35.0 Å². The standard InChI is InChI=1S/C70H131NO6S4/c1-15-71(16-2)48-28-37-67(74)77-64(35-21-17-19-23-49-75-65(72)40-42-68(78-51-44-59(9)32-25-29-56(3)4)79-52-45-60(10)33-26-30-57(5)6)36-22-18-20-24-50-76-66(73)41-43-69(80-53-46-61(11)34-27-31-58(7)8)81-54-47-62(12)38-39-63-55-70(63,13)14/h29-31,59-64,66,68-69,73H,15-28,32-55H2,1-14H3. The number of carbonyl (C=O) groups excluding carboxylic acids is 2. The zero-order chi connectivity index (χ0) is 60.1. The molecule has 0 bridgehead atoms. The summed E-state index contributed by atoms with van der Waals surface area (Å²) in [5, 5.41) is 10.9. The highest BCUT2D eigenvalue weighted by Crippen LogP contribution is 2.54. The minimum absolute atomic E-state index is 0.0595. The molecule has 1 N–H and O–H groups in total. The summed E-state index contributed by atoms with van der Waals surface area (Å²) in [4.78, 5) is 28.4. The van der Waals surface area contributed by atoms with E-state index in [-0.39, 0.29) is 18.0 Å². The zero-order valence-corrected chi connectivity index (χ0v) is 58.6. The Morgan fingerprint density at radius 1 is 0.531 bits per heavy atom. The quantitative estimate of drug-likeness (QED) is 0.0274. The summed E-state index contributed by atoms with van der Waals surface area (Å²) in [7, 11) is 0. The van der Waals surface area contributed by atoms with E-state index in [9.17, 15) is 14.7 Å². The third-order valence-corrected chi connectivity index (χ3v) is 22.7. The average molecular weight is 1210 g/mol. The van der Waals surface area contributed by atoms with E-state index in [1.54, 1.807) is 0 Å². The van der Waals surface area contributed by atoms with E-state index in [4.69, 9.17) is 14.2 Å². The van der Waals surface area contributed by atoms with Crippen molar-refractivity contribution in [3.8, 4) is 0 Å². The van der Waals surface area contributed by atoms with E-state index in [1.165, 1.54) is 112 Å². The number of rotatable bonds is 56. The molecular formula is C70H131NO6S4. The molecule has 0 aromatic heterocycles. The van der Waals surface area contributed by atoms with Crippen LogP contribution in [0.25, 0.3) is 0 Å².